The third kappa shape index (κ3) is 3.28. The molecule has 6 nitrogen and oxygen atoms in total. The van der Waals surface area contributed by atoms with Crippen LogP contribution in [0.5, 0.6) is 0 Å². The molecule has 120 valence electrons. The van der Waals surface area contributed by atoms with Crippen molar-refractivity contribution < 1.29 is 14.3 Å². The van der Waals surface area contributed by atoms with Gasteiger partial charge in [0, 0.05) is 32.1 Å². The summed E-state index contributed by atoms with van der Waals surface area (Å²) in [5, 5.41) is 0. The minimum Gasteiger partial charge on any atom is -0.379 e. The van der Waals surface area contributed by atoms with Crippen molar-refractivity contribution in [2.24, 2.45) is 5.41 Å². The van der Waals surface area contributed by atoms with Crippen molar-refractivity contribution in [1.29, 1.82) is 0 Å². The van der Waals surface area contributed by atoms with Crippen LogP contribution >= 0.6 is 0 Å². The van der Waals surface area contributed by atoms with Gasteiger partial charge in [0.05, 0.1) is 19.3 Å². The Bertz CT molecular complexity index is 501. The van der Waals surface area contributed by atoms with E-state index >= 15 is 0 Å². The highest BCUT2D eigenvalue weighted by Gasteiger charge is 2.43. The normalized spacial score (nSPS) is 23.9. The number of ether oxygens (including phenoxy) is 2. The standard InChI is InChI=1S/C16H23N3O3/c1-2-21-11-13-10-16(12-22-13)4-8-19(9-5-16)15(20)14-17-6-3-7-18-14/h3,6-7,13H,2,4-5,8-12H2,1H3/t13-/m1/s1. The number of amides is 1. The number of likely N-dealkylation sites (tertiary alicyclic amines) is 1. The van der Waals surface area contributed by atoms with Crippen LogP contribution in [-0.2, 0) is 9.47 Å². The van der Waals surface area contributed by atoms with Crippen LogP contribution in [0.3, 0.4) is 0 Å². The van der Waals surface area contributed by atoms with E-state index < -0.39 is 0 Å². The van der Waals surface area contributed by atoms with Gasteiger partial charge in [0.1, 0.15) is 0 Å². The first-order chi connectivity index (χ1) is 10.7. The Kier molecular flexibility index (Phi) is 4.69. The maximum absolute atomic E-state index is 12.4. The highest BCUT2D eigenvalue weighted by atomic mass is 16.5. The van der Waals surface area contributed by atoms with E-state index in [2.05, 4.69) is 9.97 Å². The van der Waals surface area contributed by atoms with Gasteiger partial charge in [-0.2, -0.15) is 0 Å². The minimum atomic E-state index is -0.0692. The molecule has 1 aromatic rings. The van der Waals surface area contributed by atoms with Gasteiger partial charge in [0.25, 0.3) is 5.91 Å². The molecule has 6 heteroatoms. The van der Waals surface area contributed by atoms with Crippen molar-refractivity contribution in [3.8, 4) is 0 Å². The molecular formula is C16H23N3O3. The van der Waals surface area contributed by atoms with E-state index in [-0.39, 0.29) is 23.3 Å². The summed E-state index contributed by atoms with van der Waals surface area (Å²) in [4.78, 5) is 22.3. The van der Waals surface area contributed by atoms with E-state index in [9.17, 15) is 4.79 Å². The lowest BCUT2D eigenvalue weighted by atomic mass is 9.76. The summed E-state index contributed by atoms with van der Waals surface area (Å²) < 4.78 is 11.3. The quantitative estimate of drug-likeness (QED) is 0.844. The highest BCUT2D eigenvalue weighted by molar-refractivity contribution is 5.90. The molecule has 0 N–H and O–H groups in total. The summed E-state index contributed by atoms with van der Waals surface area (Å²) in [7, 11) is 0. The minimum absolute atomic E-state index is 0.0692. The molecule has 2 saturated heterocycles. The van der Waals surface area contributed by atoms with E-state index in [4.69, 9.17) is 9.47 Å². The summed E-state index contributed by atoms with van der Waals surface area (Å²) >= 11 is 0. The molecule has 0 aliphatic carbocycles. The number of nitrogens with zero attached hydrogens (tertiary/aromatic N) is 3. The molecule has 3 rings (SSSR count). The number of aromatic nitrogens is 2. The zero-order valence-corrected chi connectivity index (χ0v) is 13.0. The second kappa shape index (κ2) is 6.71. The second-order valence-electron chi connectivity index (χ2n) is 6.16. The van der Waals surface area contributed by atoms with Crippen LogP contribution in [0.4, 0.5) is 0 Å². The fraction of sp³-hybridized carbons (Fsp3) is 0.688. The highest BCUT2D eigenvalue weighted by Crippen LogP contribution is 2.42. The van der Waals surface area contributed by atoms with Crippen LogP contribution in [0.15, 0.2) is 18.5 Å². The SMILES string of the molecule is CCOC[C@H]1CC2(CCN(C(=O)c3ncccn3)CC2)CO1. The Morgan fingerprint density at radius 3 is 2.82 bits per heavy atom. The van der Waals surface area contributed by atoms with Gasteiger partial charge in [-0.15, -0.1) is 0 Å². The Hall–Kier alpha value is -1.53. The molecule has 0 bridgehead atoms. The number of carbonyl (C=O) groups excluding carboxylic acids is 1. The molecule has 0 saturated carbocycles. The van der Waals surface area contributed by atoms with Crippen LogP contribution in [0, 0.1) is 5.41 Å². The molecule has 0 radical (unpaired) electrons. The first-order valence-electron chi connectivity index (χ1n) is 7.98. The predicted octanol–water partition coefficient (Wildman–Crippen LogP) is 1.52. The number of hydrogen-bond acceptors (Lipinski definition) is 5. The van der Waals surface area contributed by atoms with Crippen molar-refractivity contribution in [2.75, 3.05) is 32.9 Å². The lowest BCUT2D eigenvalue weighted by Crippen LogP contribution is -2.44. The molecule has 2 aliphatic rings. The second-order valence-corrected chi connectivity index (χ2v) is 6.16. The average molecular weight is 305 g/mol. The number of carbonyl (C=O) groups is 1. The van der Waals surface area contributed by atoms with Gasteiger partial charge in [-0.1, -0.05) is 0 Å². The summed E-state index contributed by atoms with van der Waals surface area (Å²) in [5.41, 5.74) is 0.218. The first-order valence-corrected chi connectivity index (χ1v) is 7.98. The van der Waals surface area contributed by atoms with E-state index in [1.807, 2.05) is 11.8 Å². The number of hydrogen-bond donors (Lipinski definition) is 0. The van der Waals surface area contributed by atoms with Crippen LogP contribution < -0.4 is 0 Å². The predicted molar refractivity (Wildman–Crippen MR) is 80.5 cm³/mol. The van der Waals surface area contributed by atoms with Crippen LogP contribution in [0.2, 0.25) is 0 Å². The van der Waals surface area contributed by atoms with Crippen molar-refractivity contribution in [3.05, 3.63) is 24.3 Å². The van der Waals surface area contributed by atoms with E-state index in [0.29, 0.717) is 6.61 Å². The van der Waals surface area contributed by atoms with Crippen LogP contribution in [-0.4, -0.2) is 59.8 Å². The van der Waals surface area contributed by atoms with Gasteiger partial charge >= 0.3 is 0 Å². The summed E-state index contributed by atoms with van der Waals surface area (Å²) in [6, 6.07) is 1.72. The maximum atomic E-state index is 12.4. The Labute approximate surface area is 130 Å². The number of rotatable bonds is 4. The lowest BCUT2D eigenvalue weighted by molar-refractivity contribution is 0.0159. The zero-order valence-electron chi connectivity index (χ0n) is 13.0. The molecule has 1 aromatic heterocycles. The fourth-order valence-electron chi connectivity index (χ4n) is 3.34. The summed E-state index contributed by atoms with van der Waals surface area (Å²) in [5.74, 6) is 0.218. The smallest absolute Gasteiger partial charge is 0.291 e. The summed E-state index contributed by atoms with van der Waals surface area (Å²) in [6.07, 6.45) is 6.42. The molecule has 0 unspecified atom stereocenters. The summed E-state index contributed by atoms with van der Waals surface area (Å²) in [6.45, 7) is 5.70. The molecule has 22 heavy (non-hydrogen) atoms. The molecule has 1 amide bonds. The van der Waals surface area contributed by atoms with Crippen molar-refractivity contribution in [2.45, 2.75) is 32.3 Å². The third-order valence-corrected chi connectivity index (χ3v) is 4.66. The average Bonchev–Trinajstić information content (AvgIpc) is 2.96. The van der Waals surface area contributed by atoms with Gasteiger partial charge in [-0.3, -0.25) is 4.79 Å². The molecule has 0 aromatic carbocycles. The maximum Gasteiger partial charge on any atom is 0.291 e. The largest absolute Gasteiger partial charge is 0.379 e. The topological polar surface area (TPSA) is 64.5 Å². The van der Waals surface area contributed by atoms with Crippen molar-refractivity contribution in [1.82, 2.24) is 14.9 Å². The van der Waals surface area contributed by atoms with Crippen molar-refractivity contribution >= 4 is 5.91 Å². The Morgan fingerprint density at radius 1 is 1.41 bits per heavy atom. The Morgan fingerprint density at radius 2 is 2.14 bits per heavy atom. The van der Waals surface area contributed by atoms with Crippen LogP contribution in [0.25, 0.3) is 0 Å². The van der Waals surface area contributed by atoms with Gasteiger partial charge in [-0.25, -0.2) is 9.97 Å². The van der Waals surface area contributed by atoms with Gasteiger partial charge in [-0.05, 0) is 37.7 Å². The molecule has 2 fully saturated rings. The first kappa shape index (κ1) is 15.4. The van der Waals surface area contributed by atoms with Crippen LogP contribution in [0.1, 0.15) is 36.8 Å². The van der Waals surface area contributed by atoms with Gasteiger partial charge < -0.3 is 14.4 Å². The molecule has 2 aliphatic heterocycles. The third-order valence-electron chi connectivity index (χ3n) is 4.66. The molecule has 1 spiro atoms. The van der Waals surface area contributed by atoms with Gasteiger partial charge in [0.15, 0.2) is 0 Å². The molecule has 1 atom stereocenters. The van der Waals surface area contributed by atoms with E-state index in [1.54, 1.807) is 18.5 Å². The monoisotopic (exact) mass is 305 g/mol. The number of piperidine rings is 1. The van der Waals surface area contributed by atoms with E-state index in [0.717, 1.165) is 45.6 Å². The fourth-order valence-corrected chi connectivity index (χ4v) is 3.34. The van der Waals surface area contributed by atoms with Crippen molar-refractivity contribution in [3.63, 3.8) is 0 Å². The molecule has 3 heterocycles. The lowest BCUT2D eigenvalue weighted by Gasteiger charge is -2.38. The zero-order chi connectivity index (χ0) is 15.4. The Balaban J connectivity index is 1.54. The van der Waals surface area contributed by atoms with Gasteiger partial charge in [0.2, 0.25) is 5.82 Å². The van der Waals surface area contributed by atoms with E-state index in [1.165, 1.54) is 0 Å². The molecular weight excluding hydrogens is 282 g/mol.